The summed E-state index contributed by atoms with van der Waals surface area (Å²) in [6.07, 6.45) is 3.74. The van der Waals surface area contributed by atoms with Gasteiger partial charge in [0, 0.05) is 37.3 Å². The van der Waals surface area contributed by atoms with Gasteiger partial charge in [-0.15, -0.1) is 0 Å². The van der Waals surface area contributed by atoms with Crippen molar-refractivity contribution in [2.75, 3.05) is 26.3 Å². The molecule has 130 valence electrons. The maximum atomic E-state index is 12.9. The molecule has 4 rings (SSSR count). The summed E-state index contributed by atoms with van der Waals surface area (Å²) in [5.41, 5.74) is 1.62. The quantitative estimate of drug-likeness (QED) is 0.916. The van der Waals surface area contributed by atoms with E-state index in [1.807, 2.05) is 29.2 Å². The van der Waals surface area contributed by atoms with Crippen LogP contribution in [0.1, 0.15) is 41.6 Å². The van der Waals surface area contributed by atoms with E-state index in [2.05, 4.69) is 0 Å². The van der Waals surface area contributed by atoms with Crippen molar-refractivity contribution in [1.82, 2.24) is 4.90 Å². The molecule has 0 aromatic heterocycles. The zero-order chi connectivity index (χ0) is 16.6. The van der Waals surface area contributed by atoms with Crippen molar-refractivity contribution >= 4 is 5.91 Å². The van der Waals surface area contributed by atoms with Crippen LogP contribution in [0.25, 0.3) is 0 Å². The largest absolute Gasteiger partial charge is 0.391 e. The fourth-order valence-electron chi connectivity index (χ4n) is 3.83. The van der Waals surface area contributed by atoms with Gasteiger partial charge < -0.3 is 19.5 Å². The molecule has 1 aliphatic carbocycles. The van der Waals surface area contributed by atoms with E-state index < -0.39 is 0 Å². The van der Waals surface area contributed by atoms with E-state index in [1.165, 1.54) is 0 Å². The molecule has 24 heavy (non-hydrogen) atoms. The van der Waals surface area contributed by atoms with E-state index in [-0.39, 0.29) is 23.5 Å². The molecule has 3 fully saturated rings. The van der Waals surface area contributed by atoms with Crippen LogP contribution in [0.5, 0.6) is 0 Å². The minimum atomic E-state index is -0.368. The van der Waals surface area contributed by atoms with Crippen LogP contribution in [0.4, 0.5) is 0 Å². The number of likely N-dealkylation sites (tertiary alicyclic amines) is 1. The second kappa shape index (κ2) is 6.47. The summed E-state index contributed by atoms with van der Waals surface area (Å²) in [5.74, 6) is 0.0176. The van der Waals surface area contributed by atoms with Crippen molar-refractivity contribution < 1.29 is 19.4 Å². The van der Waals surface area contributed by atoms with Gasteiger partial charge in [-0.05, 0) is 37.3 Å². The molecule has 2 aliphatic heterocycles. The third-order valence-corrected chi connectivity index (χ3v) is 5.68. The Morgan fingerprint density at radius 2 is 2.04 bits per heavy atom. The van der Waals surface area contributed by atoms with Gasteiger partial charge in [-0.25, -0.2) is 0 Å². The highest BCUT2D eigenvalue weighted by molar-refractivity contribution is 5.96. The third kappa shape index (κ3) is 3.08. The number of nitrogens with zero attached hydrogens (tertiary/aromatic N) is 1. The number of ether oxygens (including phenoxy) is 2. The minimum absolute atomic E-state index is 0.0107. The molecule has 5 nitrogen and oxygen atoms in total. The monoisotopic (exact) mass is 331 g/mol. The predicted molar refractivity (Wildman–Crippen MR) is 88.6 cm³/mol. The molecule has 0 radical (unpaired) electrons. The fraction of sp³-hybridized carbons (Fsp3) is 0.632. The average Bonchev–Trinajstić information content (AvgIpc) is 3.33. The number of β-amino-alcohol motifs (C(OH)–C–C–N with tert-alkyl or cyclic N) is 1. The Balaban J connectivity index is 1.44. The van der Waals surface area contributed by atoms with Gasteiger partial charge >= 0.3 is 0 Å². The van der Waals surface area contributed by atoms with Crippen LogP contribution >= 0.6 is 0 Å². The van der Waals surface area contributed by atoms with Crippen molar-refractivity contribution in [2.24, 2.45) is 5.41 Å². The van der Waals surface area contributed by atoms with E-state index >= 15 is 0 Å². The minimum Gasteiger partial charge on any atom is -0.391 e. The fourth-order valence-corrected chi connectivity index (χ4v) is 3.83. The van der Waals surface area contributed by atoms with Crippen LogP contribution in [0, 0.1) is 5.41 Å². The number of carbonyl (C=O) groups is 1. The molecule has 0 bridgehead atoms. The molecule has 2 saturated heterocycles. The standard InChI is InChI=1S/C19H25NO4/c21-17-11-20(13-19(17)7-8-19)18(22)16-4-2-1-3-14(16)12-24-15-5-9-23-10-6-15/h1-4,15,17,21H,5-13H2. The van der Waals surface area contributed by atoms with Gasteiger partial charge in [0.05, 0.1) is 18.8 Å². The van der Waals surface area contributed by atoms with Gasteiger partial charge in [0.2, 0.25) is 0 Å². The molecular weight excluding hydrogens is 306 g/mol. The van der Waals surface area contributed by atoms with E-state index in [1.54, 1.807) is 0 Å². The molecule has 1 atom stereocenters. The topological polar surface area (TPSA) is 59.0 Å². The number of rotatable bonds is 4. The number of carbonyl (C=O) groups excluding carboxylic acids is 1. The Morgan fingerprint density at radius 3 is 2.75 bits per heavy atom. The summed E-state index contributed by atoms with van der Waals surface area (Å²) in [6.45, 7) is 3.09. The van der Waals surface area contributed by atoms with E-state index in [0.29, 0.717) is 25.3 Å². The van der Waals surface area contributed by atoms with E-state index in [0.717, 1.165) is 44.5 Å². The second-order valence-corrected chi connectivity index (χ2v) is 7.34. The third-order valence-electron chi connectivity index (χ3n) is 5.68. The summed E-state index contributed by atoms with van der Waals surface area (Å²) < 4.78 is 11.3. The van der Waals surface area contributed by atoms with Crippen molar-refractivity contribution in [3.63, 3.8) is 0 Å². The lowest BCUT2D eigenvalue weighted by atomic mass is 10.0. The normalized spacial score (nSPS) is 26.0. The molecule has 1 aromatic rings. The highest BCUT2D eigenvalue weighted by Gasteiger charge is 2.55. The highest BCUT2D eigenvalue weighted by atomic mass is 16.5. The summed E-state index contributed by atoms with van der Waals surface area (Å²) in [7, 11) is 0. The molecule has 3 aliphatic rings. The maximum Gasteiger partial charge on any atom is 0.254 e. The number of benzene rings is 1. The van der Waals surface area contributed by atoms with Crippen molar-refractivity contribution in [2.45, 2.75) is 44.5 Å². The molecular formula is C19H25NO4. The predicted octanol–water partition coefficient (Wildman–Crippen LogP) is 1.98. The Hall–Kier alpha value is -1.43. The molecule has 1 N–H and O–H groups in total. The number of aliphatic hydroxyl groups excluding tert-OH is 1. The van der Waals surface area contributed by atoms with Gasteiger partial charge in [0.15, 0.2) is 0 Å². The maximum absolute atomic E-state index is 12.9. The smallest absolute Gasteiger partial charge is 0.254 e. The van der Waals surface area contributed by atoms with Crippen LogP contribution in [-0.4, -0.2) is 54.4 Å². The van der Waals surface area contributed by atoms with Crippen LogP contribution in [-0.2, 0) is 16.1 Å². The van der Waals surface area contributed by atoms with Gasteiger partial charge in [-0.3, -0.25) is 4.79 Å². The zero-order valence-corrected chi connectivity index (χ0v) is 13.9. The molecule has 1 spiro atoms. The number of aliphatic hydroxyl groups is 1. The van der Waals surface area contributed by atoms with Gasteiger partial charge in [-0.1, -0.05) is 18.2 Å². The second-order valence-electron chi connectivity index (χ2n) is 7.34. The highest BCUT2D eigenvalue weighted by Crippen LogP contribution is 2.52. The number of amides is 1. The van der Waals surface area contributed by atoms with E-state index in [4.69, 9.17) is 9.47 Å². The van der Waals surface area contributed by atoms with Crippen molar-refractivity contribution in [1.29, 1.82) is 0 Å². The first-order valence-corrected chi connectivity index (χ1v) is 8.93. The lowest BCUT2D eigenvalue weighted by molar-refractivity contribution is -0.0392. The van der Waals surface area contributed by atoms with Gasteiger partial charge in [0.1, 0.15) is 0 Å². The number of hydrogen-bond donors (Lipinski definition) is 1. The average molecular weight is 331 g/mol. The Kier molecular flexibility index (Phi) is 4.33. The number of hydrogen-bond acceptors (Lipinski definition) is 4. The summed E-state index contributed by atoms with van der Waals surface area (Å²) in [6, 6.07) is 7.67. The lowest BCUT2D eigenvalue weighted by Gasteiger charge is -2.23. The Bertz CT molecular complexity index is 607. The summed E-state index contributed by atoms with van der Waals surface area (Å²) in [5, 5.41) is 10.2. The summed E-state index contributed by atoms with van der Waals surface area (Å²) >= 11 is 0. The van der Waals surface area contributed by atoms with Crippen LogP contribution in [0.15, 0.2) is 24.3 Å². The van der Waals surface area contributed by atoms with Crippen molar-refractivity contribution in [3.05, 3.63) is 35.4 Å². The van der Waals surface area contributed by atoms with E-state index in [9.17, 15) is 9.90 Å². The van der Waals surface area contributed by atoms with Gasteiger partial charge in [-0.2, -0.15) is 0 Å². The van der Waals surface area contributed by atoms with Crippen LogP contribution in [0.2, 0.25) is 0 Å². The zero-order valence-electron chi connectivity index (χ0n) is 13.9. The Morgan fingerprint density at radius 1 is 1.29 bits per heavy atom. The first-order chi connectivity index (χ1) is 11.7. The van der Waals surface area contributed by atoms with Crippen molar-refractivity contribution in [3.8, 4) is 0 Å². The van der Waals surface area contributed by atoms with Crippen LogP contribution < -0.4 is 0 Å². The van der Waals surface area contributed by atoms with Gasteiger partial charge in [0.25, 0.3) is 5.91 Å². The summed E-state index contributed by atoms with van der Waals surface area (Å²) in [4.78, 5) is 14.7. The molecule has 5 heteroatoms. The molecule has 1 aromatic carbocycles. The molecule has 1 unspecified atom stereocenters. The first-order valence-electron chi connectivity index (χ1n) is 8.93. The lowest BCUT2D eigenvalue weighted by Crippen LogP contribution is -2.30. The molecule has 1 saturated carbocycles. The van der Waals surface area contributed by atoms with Crippen LogP contribution in [0.3, 0.4) is 0 Å². The molecule has 1 amide bonds. The first kappa shape index (κ1) is 16.1. The molecule has 2 heterocycles. The Labute approximate surface area is 142 Å². The SMILES string of the molecule is O=C(c1ccccc1COC1CCOCC1)N1CC(O)C2(CC2)C1.